The molecule has 4 bridgehead atoms. The largest absolute Gasteiger partial charge is 0.479 e. The minimum Gasteiger partial charge on any atom is -0.479 e. The molecular weight excluding hydrogens is 216 g/mol. The topological polar surface area (TPSA) is 57.5 Å². The van der Waals surface area contributed by atoms with E-state index >= 15 is 0 Å². The van der Waals surface area contributed by atoms with Crippen LogP contribution in [0.4, 0.5) is 0 Å². The molecule has 1 unspecified atom stereocenters. The predicted octanol–water partition coefficient (Wildman–Crippen LogP) is 2.43. The van der Waals surface area contributed by atoms with Crippen molar-refractivity contribution in [3.8, 4) is 0 Å². The van der Waals surface area contributed by atoms with Gasteiger partial charge in [0.2, 0.25) is 0 Å². The molecule has 4 aliphatic rings. The fourth-order valence-corrected chi connectivity index (χ4v) is 5.37. The second kappa shape index (κ2) is 3.47. The average Bonchev–Trinajstić information content (AvgIpc) is 2.25. The van der Waals surface area contributed by atoms with Crippen LogP contribution in [0.15, 0.2) is 0 Å². The first-order valence-corrected chi connectivity index (χ1v) is 6.95. The van der Waals surface area contributed by atoms with E-state index in [1.807, 2.05) is 6.92 Å². The lowest BCUT2D eigenvalue weighted by atomic mass is 9.45. The minimum absolute atomic E-state index is 0.317. The van der Waals surface area contributed by atoms with E-state index in [4.69, 9.17) is 0 Å². The highest BCUT2D eigenvalue weighted by molar-refractivity contribution is 5.78. The maximum Gasteiger partial charge on any atom is 0.336 e. The van der Waals surface area contributed by atoms with E-state index in [9.17, 15) is 15.0 Å². The van der Waals surface area contributed by atoms with Crippen LogP contribution in [0.25, 0.3) is 0 Å². The summed E-state index contributed by atoms with van der Waals surface area (Å²) in [6, 6.07) is 0. The van der Waals surface area contributed by atoms with Gasteiger partial charge in [-0.1, -0.05) is 6.92 Å². The van der Waals surface area contributed by atoms with Crippen molar-refractivity contribution >= 4 is 5.97 Å². The Morgan fingerprint density at radius 1 is 1.18 bits per heavy atom. The zero-order valence-electron chi connectivity index (χ0n) is 10.5. The number of aliphatic carboxylic acids is 1. The van der Waals surface area contributed by atoms with Crippen molar-refractivity contribution < 1.29 is 15.0 Å². The number of aliphatic hydroxyl groups is 1. The fourth-order valence-electron chi connectivity index (χ4n) is 5.37. The molecule has 0 heterocycles. The Bertz CT molecular complexity index is 314. The van der Waals surface area contributed by atoms with Crippen molar-refractivity contribution in [2.75, 3.05) is 0 Å². The Balaban J connectivity index is 1.98. The molecule has 4 aliphatic carbocycles. The number of carboxylic acids is 1. The van der Waals surface area contributed by atoms with Crippen molar-refractivity contribution in [3.05, 3.63) is 0 Å². The predicted molar refractivity (Wildman–Crippen MR) is 63.5 cm³/mol. The quantitative estimate of drug-likeness (QED) is 0.794. The standard InChI is InChI=1S/C14H22O3/c1-2-14(17,12(15)16)13-6-9-3-10(7-13)5-11(4-9)8-13/h9-11,17H,2-8H2,1H3,(H,15,16). The third-order valence-corrected chi connectivity index (χ3v) is 5.78. The summed E-state index contributed by atoms with van der Waals surface area (Å²) in [4.78, 5) is 11.5. The van der Waals surface area contributed by atoms with Gasteiger partial charge in [0.25, 0.3) is 0 Å². The van der Waals surface area contributed by atoms with Crippen LogP contribution in [-0.4, -0.2) is 21.8 Å². The van der Waals surface area contributed by atoms with E-state index < -0.39 is 11.6 Å². The maximum absolute atomic E-state index is 11.5. The normalized spacial score (nSPS) is 46.8. The van der Waals surface area contributed by atoms with Crippen LogP contribution >= 0.6 is 0 Å². The summed E-state index contributed by atoms with van der Waals surface area (Å²) >= 11 is 0. The Morgan fingerprint density at radius 3 is 1.88 bits per heavy atom. The highest BCUT2D eigenvalue weighted by Gasteiger charge is 2.62. The van der Waals surface area contributed by atoms with Crippen molar-refractivity contribution in [1.29, 1.82) is 0 Å². The molecule has 0 aromatic carbocycles. The van der Waals surface area contributed by atoms with E-state index in [-0.39, 0.29) is 5.41 Å². The molecule has 4 fully saturated rings. The number of hydrogen-bond acceptors (Lipinski definition) is 2. The molecule has 4 rings (SSSR count). The molecule has 1 atom stereocenters. The SMILES string of the molecule is CCC(O)(C(=O)O)C12CC3CC(CC(C3)C1)C2. The van der Waals surface area contributed by atoms with Gasteiger partial charge >= 0.3 is 5.97 Å². The van der Waals surface area contributed by atoms with Gasteiger partial charge in [-0.2, -0.15) is 0 Å². The first-order chi connectivity index (χ1) is 7.99. The van der Waals surface area contributed by atoms with Gasteiger partial charge in [0.1, 0.15) is 0 Å². The molecule has 0 saturated heterocycles. The van der Waals surface area contributed by atoms with Gasteiger partial charge in [0, 0.05) is 5.41 Å². The Hall–Kier alpha value is -0.570. The third kappa shape index (κ3) is 1.41. The van der Waals surface area contributed by atoms with Crippen LogP contribution in [-0.2, 0) is 4.79 Å². The fraction of sp³-hybridized carbons (Fsp3) is 0.929. The smallest absolute Gasteiger partial charge is 0.336 e. The molecule has 2 N–H and O–H groups in total. The van der Waals surface area contributed by atoms with Gasteiger partial charge in [0.05, 0.1) is 0 Å². The number of carbonyl (C=O) groups is 1. The van der Waals surface area contributed by atoms with Crippen LogP contribution in [0.3, 0.4) is 0 Å². The van der Waals surface area contributed by atoms with Crippen molar-refractivity contribution in [2.24, 2.45) is 23.2 Å². The molecule has 0 spiro atoms. The zero-order valence-corrected chi connectivity index (χ0v) is 10.5. The molecule has 96 valence electrons. The number of hydrogen-bond donors (Lipinski definition) is 2. The Kier molecular flexibility index (Phi) is 2.35. The minimum atomic E-state index is -1.48. The molecule has 3 nitrogen and oxygen atoms in total. The lowest BCUT2D eigenvalue weighted by Gasteiger charge is -2.60. The third-order valence-electron chi connectivity index (χ3n) is 5.78. The van der Waals surface area contributed by atoms with Gasteiger partial charge in [-0.3, -0.25) is 0 Å². The molecule has 17 heavy (non-hydrogen) atoms. The van der Waals surface area contributed by atoms with E-state index in [0.717, 1.165) is 19.3 Å². The highest BCUT2D eigenvalue weighted by atomic mass is 16.4. The number of carboxylic acid groups (broad SMARTS) is 1. The highest BCUT2D eigenvalue weighted by Crippen LogP contribution is 2.64. The lowest BCUT2D eigenvalue weighted by molar-refractivity contribution is -0.205. The number of rotatable bonds is 3. The maximum atomic E-state index is 11.5. The molecule has 3 heteroatoms. The summed E-state index contributed by atoms with van der Waals surface area (Å²) < 4.78 is 0. The van der Waals surface area contributed by atoms with E-state index in [0.29, 0.717) is 24.2 Å². The Labute approximate surface area is 102 Å². The van der Waals surface area contributed by atoms with E-state index in [1.54, 1.807) is 0 Å². The van der Waals surface area contributed by atoms with Crippen LogP contribution < -0.4 is 0 Å². The molecule has 0 aromatic heterocycles. The van der Waals surface area contributed by atoms with Crippen LogP contribution in [0, 0.1) is 23.2 Å². The van der Waals surface area contributed by atoms with Crippen molar-refractivity contribution in [2.45, 2.75) is 57.5 Å². The molecule has 4 saturated carbocycles. The van der Waals surface area contributed by atoms with Crippen LogP contribution in [0.5, 0.6) is 0 Å². The molecule has 0 aromatic rings. The van der Waals surface area contributed by atoms with E-state index in [1.165, 1.54) is 19.3 Å². The van der Waals surface area contributed by atoms with Crippen LogP contribution in [0.2, 0.25) is 0 Å². The summed E-state index contributed by atoms with van der Waals surface area (Å²) in [5.74, 6) is 1.04. The average molecular weight is 238 g/mol. The first kappa shape index (κ1) is 11.5. The van der Waals surface area contributed by atoms with Gasteiger partial charge < -0.3 is 10.2 Å². The summed E-state index contributed by atoms with van der Waals surface area (Å²) in [7, 11) is 0. The molecule has 0 amide bonds. The van der Waals surface area contributed by atoms with Gasteiger partial charge in [-0.25, -0.2) is 4.79 Å². The van der Waals surface area contributed by atoms with Gasteiger partial charge in [-0.05, 0) is 62.7 Å². The van der Waals surface area contributed by atoms with Crippen molar-refractivity contribution in [3.63, 3.8) is 0 Å². The zero-order chi connectivity index (χ0) is 12.3. The summed E-state index contributed by atoms with van der Waals surface area (Å²) in [6.07, 6.45) is 6.99. The van der Waals surface area contributed by atoms with Gasteiger partial charge in [-0.15, -0.1) is 0 Å². The molecule has 0 radical (unpaired) electrons. The van der Waals surface area contributed by atoms with E-state index in [2.05, 4.69) is 0 Å². The monoisotopic (exact) mass is 238 g/mol. The summed E-state index contributed by atoms with van der Waals surface area (Å²) in [5.41, 5.74) is -1.80. The molecule has 0 aliphatic heterocycles. The summed E-state index contributed by atoms with van der Waals surface area (Å²) in [6.45, 7) is 1.81. The second-order valence-electron chi connectivity index (χ2n) is 6.72. The summed E-state index contributed by atoms with van der Waals surface area (Å²) in [5, 5.41) is 20.1. The first-order valence-electron chi connectivity index (χ1n) is 6.95. The molecular formula is C14H22O3. The second-order valence-corrected chi connectivity index (χ2v) is 6.72. The van der Waals surface area contributed by atoms with Crippen molar-refractivity contribution in [1.82, 2.24) is 0 Å². The lowest BCUT2D eigenvalue weighted by Crippen LogP contribution is -2.61. The Morgan fingerprint density at radius 2 is 1.59 bits per heavy atom. The van der Waals surface area contributed by atoms with Crippen LogP contribution in [0.1, 0.15) is 51.9 Å². The van der Waals surface area contributed by atoms with Gasteiger partial charge in [0.15, 0.2) is 5.60 Å².